The molecule has 4 nitrogen and oxygen atoms in total. The van der Waals surface area contributed by atoms with Gasteiger partial charge < -0.3 is 5.73 Å². The van der Waals surface area contributed by atoms with Crippen LogP contribution in [0.3, 0.4) is 0 Å². The van der Waals surface area contributed by atoms with E-state index in [1.54, 1.807) is 0 Å². The number of hydrogen-bond acceptors (Lipinski definition) is 3. The summed E-state index contributed by atoms with van der Waals surface area (Å²) >= 11 is 11.8. The molecule has 7 heteroatoms. The number of anilines is 1. The Hall–Kier alpha value is -0.490. The Balaban J connectivity index is 2.32. The van der Waals surface area contributed by atoms with Gasteiger partial charge in [-0.15, -0.1) is 0 Å². The van der Waals surface area contributed by atoms with Crippen LogP contribution in [0.15, 0.2) is 17.0 Å². The van der Waals surface area contributed by atoms with Crippen LogP contribution in [0.5, 0.6) is 0 Å². The van der Waals surface area contributed by atoms with Crippen molar-refractivity contribution in [2.24, 2.45) is 11.8 Å². The van der Waals surface area contributed by atoms with Crippen molar-refractivity contribution in [1.29, 1.82) is 0 Å². The lowest BCUT2D eigenvalue weighted by Gasteiger charge is -2.20. The number of nitrogens with two attached hydrogens (primary N) is 1. The number of hydrogen-bond donors (Lipinski definition) is 2. The third kappa shape index (κ3) is 3.06. The average Bonchev–Trinajstić information content (AvgIpc) is 2.58. The highest BCUT2D eigenvalue weighted by Gasteiger charge is 2.34. The molecule has 1 aliphatic rings. The first-order chi connectivity index (χ1) is 9.22. The molecule has 20 heavy (non-hydrogen) atoms. The zero-order valence-electron chi connectivity index (χ0n) is 11.4. The lowest BCUT2D eigenvalue weighted by atomic mass is 9.98. The summed E-state index contributed by atoms with van der Waals surface area (Å²) in [5, 5.41) is 0.357. The Morgan fingerprint density at radius 3 is 2.40 bits per heavy atom. The van der Waals surface area contributed by atoms with Crippen molar-refractivity contribution in [3.8, 4) is 0 Å². The number of halogens is 2. The molecule has 0 aliphatic heterocycles. The van der Waals surface area contributed by atoms with E-state index in [4.69, 9.17) is 28.9 Å². The molecule has 2 rings (SSSR count). The maximum Gasteiger partial charge on any atom is 0.244 e. The molecule has 3 atom stereocenters. The summed E-state index contributed by atoms with van der Waals surface area (Å²) < 4.78 is 27.7. The minimum absolute atomic E-state index is 0.0428. The van der Waals surface area contributed by atoms with Crippen molar-refractivity contribution in [3.05, 3.63) is 22.2 Å². The zero-order chi connectivity index (χ0) is 15.1. The molecule has 0 aromatic heterocycles. The molecule has 1 aromatic rings. The summed E-state index contributed by atoms with van der Waals surface area (Å²) in [5.74, 6) is 0.790. The molecule has 1 aliphatic carbocycles. The molecule has 0 saturated heterocycles. The monoisotopic (exact) mass is 336 g/mol. The van der Waals surface area contributed by atoms with Gasteiger partial charge in [-0.2, -0.15) is 0 Å². The highest BCUT2D eigenvalue weighted by molar-refractivity contribution is 7.89. The first-order valence-corrected chi connectivity index (χ1v) is 8.73. The summed E-state index contributed by atoms with van der Waals surface area (Å²) in [7, 11) is -3.74. The van der Waals surface area contributed by atoms with Crippen LogP contribution in [0.4, 0.5) is 5.69 Å². The van der Waals surface area contributed by atoms with Gasteiger partial charge in [0, 0.05) is 11.1 Å². The van der Waals surface area contributed by atoms with E-state index in [1.807, 2.05) is 0 Å². The van der Waals surface area contributed by atoms with E-state index in [2.05, 4.69) is 18.6 Å². The zero-order valence-corrected chi connectivity index (χ0v) is 13.7. The molecule has 1 aromatic carbocycles. The van der Waals surface area contributed by atoms with Crippen LogP contribution in [0.25, 0.3) is 0 Å². The van der Waals surface area contributed by atoms with Gasteiger partial charge in [-0.3, -0.25) is 0 Å². The van der Waals surface area contributed by atoms with Crippen LogP contribution in [0.2, 0.25) is 10.0 Å². The van der Waals surface area contributed by atoms with Crippen molar-refractivity contribution in [3.63, 3.8) is 0 Å². The number of sulfonamides is 1. The lowest BCUT2D eigenvalue weighted by Crippen LogP contribution is -2.37. The summed E-state index contributed by atoms with van der Waals surface area (Å²) in [4.78, 5) is -0.0877. The van der Waals surface area contributed by atoms with E-state index in [0.717, 1.165) is 12.8 Å². The smallest absolute Gasteiger partial charge is 0.244 e. The van der Waals surface area contributed by atoms with Crippen molar-refractivity contribution >= 4 is 38.9 Å². The predicted molar refractivity (Wildman–Crippen MR) is 82.5 cm³/mol. The van der Waals surface area contributed by atoms with Gasteiger partial charge in [-0.05, 0) is 36.8 Å². The number of nitrogen functional groups attached to an aromatic ring is 1. The molecule has 0 spiro atoms. The summed E-state index contributed by atoms with van der Waals surface area (Å²) in [6.45, 7) is 4.18. The van der Waals surface area contributed by atoms with Crippen molar-refractivity contribution in [1.82, 2.24) is 4.72 Å². The topological polar surface area (TPSA) is 72.2 Å². The quantitative estimate of drug-likeness (QED) is 0.832. The second kappa shape index (κ2) is 5.72. The highest BCUT2D eigenvalue weighted by atomic mass is 35.5. The van der Waals surface area contributed by atoms with E-state index in [1.165, 1.54) is 12.1 Å². The number of rotatable bonds is 3. The van der Waals surface area contributed by atoms with E-state index in [9.17, 15) is 8.42 Å². The summed E-state index contributed by atoms with van der Waals surface area (Å²) in [6, 6.07) is 2.69. The molecule has 1 saturated carbocycles. The molecular formula is C13H18Cl2N2O2S. The SMILES string of the molecule is CC1CCC(NS(=O)(=O)c2c(N)cc(Cl)cc2Cl)C1C. The second-order valence-corrected chi connectivity index (χ2v) is 7.94. The molecule has 3 N–H and O–H groups in total. The minimum atomic E-state index is -3.74. The maximum absolute atomic E-state index is 12.5. The standard InChI is InChI=1S/C13H18Cl2N2O2S/c1-7-3-4-12(8(7)2)17-20(18,19)13-10(15)5-9(14)6-11(13)16/h5-8,12,17H,3-4,16H2,1-2H3. The fourth-order valence-corrected chi connectivity index (χ4v) is 5.00. The minimum Gasteiger partial charge on any atom is -0.398 e. The maximum atomic E-state index is 12.5. The fraction of sp³-hybridized carbons (Fsp3) is 0.538. The molecule has 1 fully saturated rings. The molecule has 3 unspecified atom stereocenters. The molecule has 0 heterocycles. The first-order valence-electron chi connectivity index (χ1n) is 6.49. The molecule has 0 bridgehead atoms. The molecule has 0 amide bonds. The van der Waals surface area contributed by atoms with E-state index in [0.29, 0.717) is 10.9 Å². The van der Waals surface area contributed by atoms with Gasteiger partial charge >= 0.3 is 0 Å². The average molecular weight is 337 g/mol. The molecule has 112 valence electrons. The van der Waals surface area contributed by atoms with Gasteiger partial charge in [0.1, 0.15) is 4.90 Å². The first kappa shape index (κ1) is 15.9. The van der Waals surface area contributed by atoms with Gasteiger partial charge in [0.15, 0.2) is 0 Å². The number of benzene rings is 1. The second-order valence-electron chi connectivity index (χ2n) is 5.45. The van der Waals surface area contributed by atoms with Crippen LogP contribution < -0.4 is 10.5 Å². The highest BCUT2D eigenvalue weighted by Crippen LogP contribution is 2.35. The Kier molecular flexibility index (Phi) is 4.54. The third-order valence-corrected chi connectivity index (χ3v) is 6.31. The Morgan fingerprint density at radius 2 is 1.90 bits per heavy atom. The van der Waals surface area contributed by atoms with Crippen LogP contribution in [-0.4, -0.2) is 14.5 Å². The largest absolute Gasteiger partial charge is 0.398 e. The fourth-order valence-electron chi connectivity index (χ4n) is 2.65. The van der Waals surface area contributed by atoms with Crippen molar-refractivity contribution in [2.45, 2.75) is 37.6 Å². The summed E-state index contributed by atoms with van der Waals surface area (Å²) in [6.07, 6.45) is 1.84. The summed E-state index contributed by atoms with van der Waals surface area (Å²) in [5.41, 5.74) is 5.82. The molecular weight excluding hydrogens is 319 g/mol. The number of nitrogens with one attached hydrogen (secondary N) is 1. The molecule has 0 radical (unpaired) electrons. The van der Waals surface area contributed by atoms with E-state index < -0.39 is 10.0 Å². The van der Waals surface area contributed by atoms with Gasteiger partial charge in [0.2, 0.25) is 10.0 Å². The van der Waals surface area contributed by atoms with Gasteiger partial charge in [-0.1, -0.05) is 37.0 Å². The predicted octanol–water partition coefficient (Wildman–Crippen LogP) is 3.29. The van der Waals surface area contributed by atoms with Crippen LogP contribution >= 0.6 is 23.2 Å². The van der Waals surface area contributed by atoms with Crippen LogP contribution in [0.1, 0.15) is 26.7 Å². The Morgan fingerprint density at radius 1 is 1.25 bits per heavy atom. The van der Waals surface area contributed by atoms with Crippen LogP contribution in [-0.2, 0) is 10.0 Å². The van der Waals surface area contributed by atoms with Gasteiger partial charge in [-0.25, -0.2) is 13.1 Å². The van der Waals surface area contributed by atoms with E-state index >= 15 is 0 Å². The van der Waals surface area contributed by atoms with Crippen molar-refractivity contribution < 1.29 is 8.42 Å². The van der Waals surface area contributed by atoms with Gasteiger partial charge in [0.25, 0.3) is 0 Å². The Bertz CT molecular complexity index is 596. The third-order valence-electron chi connectivity index (χ3n) is 4.08. The van der Waals surface area contributed by atoms with E-state index in [-0.39, 0.29) is 27.6 Å². The van der Waals surface area contributed by atoms with Gasteiger partial charge in [0.05, 0.1) is 10.7 Å². The normalized spacial score (nSPS) is 26.9. The van der Waals surface area contributed by atoms with Crippen LogP contribution in [0, 0.1) is 11.8 Å². The Labute approximate surface area is 129 Å². The lowest BCUT2D eigenvalue weighted by molar-refractivity contribution is 0.402. The van der Waals surface area contributed by atoms with Crippen molar-refractivity contribution in [2.75, 3.05) is 5.73 Å².